The summed E-state index contributed by atoms with van der Waals surface area (Å²) in [6.45, 7) is 15.7. The number of ether oxygens (including phenoxy) is 3. The Morgan fingerprint density at radius 1 is 0.949 bits per heavy atom. The second-order valence-corrected chi connectivity index (χ2v) is 24.6. The van der Waals surface area contributed by atoms with E-state index in [1.165, 1.54) is 25.3 Å². The molecule has 314 valence electrons. The summed E-state index contributed by atoms with van der Waals surface area (Å²) in [5.41, 5.74) is 5.81. The summed E-state index contributed by atoms with van der Waals surface area (Å²) in [7, 11) is -0.746. The first kappa shape index (κ1) is 40.5. The maximum Gasteiger partial charge on any atom is 0.319 e. The first-order valence-corrected chi connectivity index (χ1v) is 24.2. The lowest BCUT2D eigenvalue weighted by Gasteiger charge is -2.40. The van der Waals surface area contributed by atoms with Gasteiger partial charge in [-0.2, -0.15) is 9.97 Å². The molecule has 12 heteroatoms. The highest BCUT2D eigenvalue weighted by Crippen LogP contribution is 2.49. The molecule has 0 N–H and O–H groups in total. The van der Waals surface area contributed by atoms with Gasteiger partial charge in [0.2, 0.25) is 0 Å². The van der Waals surface area contributed by atoms with Crippen molar-refractivity contribution >= 4 is 35.6 Å². The quantitative estimate of drug-likeness (QED) is 0.0890. The highest BCUT2D eigenvalue weighted by molar-refractivity contribution is 6.90. The van der Waals surface area contributed by atoms with Gasteiger partial charge in [-0.1, -0.05) is 53.5 Å². The van der Waals surface area contributed by atoms with Crippen molar-refractivity contribution in [3.8, 4) is 34.5 Å². The Bertz CT molecular complexity index is 2330. The Morgan fingerprint density at radius 2 is 1.75 bits per heavy atom. The Hall–Kier alpha value is -3.92. The van der Waals surface area contributed by atoms with Crippen molar-refractivity contribution in [2.75, 3.05) is 45.0 Å². The molecule has 0 amide bonds. The lowest BCUT2D eigenvalue weighted by atomic mass is 9.88. The van der Waals surface area contributed by atoms with Crippen LogP contribution in [-0.2, 0) is 11.2 Å². The molecule has 1 saturated carbocycles. The monoisotopic (exact) mass is 825 g/mol. The van der Waals surface area contributed by atoms with Gasteiger partial charge in [0.25, 0.3) is 0 Å². The van der Waals surface area contributed by atoms with Crippen LogP contribution in [0, 0.1) is 34.9 Å². The van der Waals surface area contributed by atoms with Crippen LogP contribution in [-0.4, -0.2) is 85.8 Å². The number of pyridine rings is 1. The molecule has 5 atom stereocenters. The summed E-state index contributed by atoms with van der Waals surface area (Å²) in [4.78, 5) is 19.7. The first-order valence-electron chi connectivity index (χ1n) is 21.9. The fourth-order valence-corrected chi connectivity index (χ4v) is 17.4. The zero-order valence-electron chi connectivity index (χ0n) is 35.6. The van der Waals surface area contributed by atoms with Crippen molar-refractivity contribution in [2.24, 2.45) is 11.8 Å². The number of aryl methyl sites for hydroxylation is 1. The van der Waals surface area contributed by atoms with E-state index < -0.39 is 31.4 Å². The van der Waals surface area contributed by atoms with Crippen molar-refractivity contribution in [1.82, 2.24) is 19.9 Å². The van der Waals surface area contributed by atoms with Crippen LogP contribution in [0.25, 0.3) is 32.9 Å². The van der Waals surface area contributed by atoms with Crippen LogP contribution >= 0.6 is 0 Å². The van der Waals surface area contributed by atoms with Gasteiger partial charge in [-0.15, -0.1) is 5.54 Å². The number of rotatable bonds is 10. The highest BCUT2D eigenvalue weighted by Gasteiger charge is 2.50. The molecule has 59 heavy (non-hydrogen) atoms. The third kappa shape index (κ3) is 6.78. The Morgan fingerprint density at radius 3 is 2.51 bits per heavy atom. The number of fused-ring (bicyclic) bond motifs is 7. The molecule has 0 spiro atoms. The van der Waals surface area contributed by atoms with Gasteiger partial charge in [-0.25, -0.2) is 18.2 Å². The average molecular weight is 826 g/mol. The summed E-state index contributed by atoms with van der Waals surface area (Å²) < 4.78 is 66.9. The molecule has 4 aliphatic heterocycles. The molecule has 4 fully saturated rings. The van der Waals surface area contributed by atoms with Crippen LogP contribution in [0.1, 0.15) is 97.7 Å². The van der Waals surface area contributed by atoms with E-state index >= 15 is 8.78 Å². The van der Waals surface area contributed by atoms with Crippen LogP contribution in [0.4, 0.5) is 19.0 Å². The van der Waals surface area contributed by atoms with Gasteiger partial charge in [-0.3, -0.25) is 4.90 Å². The molecule has 2 aromatic carbocycles. The Balaban J connectivity index is 1.26. The molecule has 2 aromatic heterocycles. The Kier molecular flexibility index (Phi) is 10.6. The van der Waals surface area contributed by atoms with Crippen molar-refractivity contribution in [2.45, 2.75) is 127 Å². The minimum Gasteiger partial charge on any atom is -0.468 e. The molecule has 0 radical (unpaired) electrons. The predicted octanol–water partition coefficient (Wildman–Crippen LogP) is 10.2. The molecule has 4 aromatic rings. The van der Waals surface area contributed by atoms with E-state index in [-0.39, 0.29) is 42.2 Å². The maximum atomic E-state index is 17.9. The van der Waals surface area contributed by atoms with Crippen LogP contribution in [0.2, 0.25) is 16.6 Å². The van der Waals surface area contributed by atoms with Crippen molar-refractivity contribution in [3.05, 3.63) is 47.2 Å². The van der Waals surface area contributed by atoms with Crippen LogP contribution in [0.15, 0.2) is 24.3 Å². The van der Waals surface area contributed by atoms with Gasteiger partial charge < -0.3 is 19.1 Å². The lowest BCUT2D eigenvalue weighted by molar-refractivity contribution is 0.0512. The number of methoxy groups -OCH3 is 1. The zero-order valence-corrected chi connectivity index (χ0v) is 36.6. The largest absolute Gasteiger partial charge is 0.468 e. The summed E-state index contributed by atoms with van der Waals surface area (Å²) in [6, 6.07) is 7.01. The second-order valence-electron chi connectivity index (χ2n) is 19.0. The average Bonchev–Trinajstić information content (AvgIpc) is 3.84. The number of nitrogens with zero attached hydrogens (tertiary/aromatic N) is 5. The van der Waals surface area contributed by atoms with Crippen LogP contribution in [0.3, 0.4) is 0 Å². The van der Waals surface area contributed by atoms with Crippen LogP contribution < -0.4 is 14.4 Å². The number of aromatic nitrogens is 3. The lowest BCUT2D eigenvalue weighted by Crippen LogP contribution is -2.46. The minimum absolute atomic E-state index is 0.0261. The highest BCUT2D eigenvalue weighted by atomic mass is 28.3. The molecular formula is C47H58F3N5O3Si. The molecule has 8 nitrogen and oxygen atoms in total. The van der Waals surface area contributed by atoms with Gasteiger partial charge in [0.15, 0.2) is 12.6 Å². The molecule has 1 aliphatic carbocycles. The van der Waals surface area contributed by atoms with E-state index in [2.05, 4.69) is 62.8 Å². The standard InChI is InChI=1S/C47H58F3N5O3Si/c1-27(2)59(28(3)4,29(5)6)18-15-35-37(49)12-11-32-20-34(58-26-56-7)21-36(40(32)35)43-42(50)44-41-38(51-43)13-14-39-31-10-9-30(19-31)23-55(39)45(41)53-46(52-44)57-25-47-16-8-17-54(47)24-33(48)22-47/h11-12,20-21,27-31,33,39H,8-10,13-14,16-17,19,22-26H2,1-7H3/t30-,31+,33+,39+,47-/m0/s1. The minimum atomic E-state index is -2.29. The predicted molar refractivity (Wildman–Crippen MR) is 229 cm³/mol. The third-order valence-corrected chi connectivity index (χ3v) is 21.2. The Labute approximate surface area is 347 Å². The van der Waals surface area contributed by atoms with E-state index in [9.17, 15) is 4.39 Å². The first-order chi connectivity index (χ1) is 28.3. The normalized spacial score (nSPS) is 25.2. The van der Waals surface area contributed by atoms with E-state index in [1.54, 1.807) is 19.2 Å². The molecule has 3 saturated heterocycles. The molecule has 0 unspecified atom stereocenters. The summed E-state index contributed by atoms with van der Waals surface area (Å²) >= 11 is 0. The number of hydrogen-bond donors (Lipinski definition) is 0. The second kappa shape index (κ2) is 15.5. The topological polar surface area (TPSA) is 72.8 Å². The number of alkyl halides is 1. The van der Waals surface area contributed by atoms with Gasteiger partial charge in [-0.05, 0) is 104 Å². The third-order valence-electron chi connectivity index (χ3n) is 14.9. The van der Waals surface area contributed by atoms with Gasteiger partial charge in [0.05, 0.1) is 22.2 Å². The SMILES string of the molecule is COCOc1cc(-c2nc3c4c(nc(OC[C@@]56CCCN5C[C@H](F)C6)nc4c2F)N2C[C@H]4CC[C@H](C4)[C@H]2CC3)c2c(C#C[Si](C(C)C)(C(C)C)C(C)C)c(F)ccc2c1. The molecule has 2 bridgehead atoms. The number of anilines is 1. The smallest absolute Gasteiger partial charge is 0.319 e. The molecule has 5 aliphatic rings. The summed E-state index contributed by atoms with van der Waals surface area (Å²) in [5, 5.41) is 1.74. The van der Waals surface area contributed by atoms with Gasteiger partial charge in [0, 0.05) is 43.6 Å². The maximum absolute atomic E-state index is 17.9. The molecular weight excluding hydrogens is 768 g/mol. The van der Waals surface area contributed by atoms with Crippen molar-refractivity contribution in [3.63, 3.8) is 0 Å². The van der Waals surface area contributed by atoms with Gasteiger partial charge >= 0.3 is 6.01 Å². The molecule has 6 heterocycles. The van der Waals surface area contributed by atoms with E-state index in [4.69, 9.17) is 29.2 Å². The van der Waals surface area contributed by atoms with E-state index in [1.807, 2.05) is 6.07 Å². The fourth-order valence-electron chi connectivity index (χ4n) is 12.2. The number of piperidine rings is 1. The number of benzene rings is 2. The zero-order chi connectivity index (χ0) is 41.4. The van der Waals surface area contributed by atoms with Gasteiger partial charge in [0.1, 0.15) is 49.4 Å². The summed E-state index contributed by atoms with van der Waals surface area (Å²) in [6.07, 6.45) is 6.32. The summed E-state index contributed by atoms with van der Waals surface area (Å²) in [5.74, 6) is 4.47. The van der Waals surface area contributed by atoms with E-state index in [0.717, 1.165) is 32.4 Å². The number of hydrogen-bond acceptors (Lipinski definition) is 8. The van der Waals surface area contributed by atoms with E-state index in [0.29, 0.717) is 86.8 Å². The fraction of sp³-hybridized carbons (Fsp3) is 0.596. The number of halogens is 3. The van der Waals surface area contributed by atoms with Crippen LogP contribution in [0.5, 0.6) is 11.8 Å². The van der Waals surface area contributed by atoms with Crippen molar-refractivity contribution in [1.29, 1.82) is 0 Å². The van der Waals surface area contributed by atoms with Crippen molar-refractivity contribution < 1.29 is 27.4 Å². The molecule has 9 rings (SSSR count).